The number of carbonyl (C=O) groups excluding carboxylic acids is 2. The first-order valence-electron chi connectivity index (χ1n) is 10.9. The summed E-state index contributed by atoms with van der Waals surface area (Å²) in [4.78, 5) is 36.6. The van der Waals surface area contributed by atoms with Gasteiger partial charge in [-0.2, -0.15) is 0 Å². The average Bonchev–Trinajstić information content (AvgIpc) is 3.51. The summed E-state index contributed by atoms with van der Waals surface area (Å²) in [6, 6.07) is 13.1. The Morgan fingerprint density at radius 3 is 2.65 bits per heavy atom. The second-order valence-electron chi connectivity index (χ2n) is 8.01. The van der Waals surface area contributed by atoms with Crippen molar-refractivity contribution in [3.8, 4) is 11.3 Å². The highest BCUT2D eigenvalue weighted by molar-refractivity contribution is 7.16. The van der Waals surface area contributed by atoms with Gasteiger partial charge in [0.05, 0.1) is 21.4 Å². The van der Waals surface area contributed by atoms with Crippen LogP contribution in [0.2, 0.25) is 0 Å². The van der Waals surface area contributed by atoms with Gasteiger partial charge in [-0.15, -0.1) is 22.7 Å². The van der Waals surface area contributed by atoms with E-state index in [1.54, 1.807) is 10.4 Å². The molecule has 1 aliphatic heterocycles. The van der Waals surface area contributed by atoms with Gasteiger partial charge in [-0.25, -0.2) is 9.97 Å². The molecule has 8 nitrogen and oxygen atoms in total. The second-order valence-corrected chi connectivity index (χ2v) is 9.79. The highest BCUT2D eigenvalue weighted by atomic mass is 32.1. The number of ether oxygens (including phenoxy) is 1. The maximum Gasteiger partial charge on any atom is 0.244 e. The molecule has 2 aromatic heterocycles. The molecule has 0 radical (unpaired) electrons. The fraction of sp³-hybridized carbons (Fsp3) is 0.250. The number of rotatable bonds is 6. The van der Waals surface area contributed by atoms with Gasteiger partial charge < -0.3 is 20.7 Å². The highest BCUT2D eigenvalue weighted by Gasteiger charge is 2.29. The SMILES string of the molecule is Nc1nc(-c2ccc(NC(=O)CN(C(=O)C3CCOCC3)c3ccc4scnc4c3)cc2)cs1. The first-order valence-corrected chi connectivity index (χ1v) is 12.7. The number of aromatic nitrogens is 2. The van der Waals surface area contributed by atoms with Crippen LogP contribution in [0.5, 0.6) is 0 Å². The maximum absolute atomic E-state index is 13.4. The summed E-state index contributed by atoms with van der Waals surface area (Å²) < 4.78 is 6.45. The van der Waals surface area contributed by atoms with Crippen LogP contribution in [0, 0.1) is 5.92 Å². The number of anilines is 3. The Hall–Kier alpha value is -3.34. The van der Waals surface area contributed by atoms with E-state index in [1.165, 1.54) is 22.7 Å². The summed E-state index contributed by atoms with van der Waals surface area (Å²) in [6.45, 7) is 1.02. The van der Waals surface area contributed by atoms with Gasteiger partial charge in [0.2, 0.25) is 11.8 Å². The zero-order chi connectivity index (χ0) is 23.5. The first-order chi connectivity index (χ1) is 16.6. The molecule has 0 saturated carbocycles. The van der Waals surface area contributed by atoms with Crippen LogP contribution in [-0.4, -0.2) is 41.5 Å². The summed E-state index contributed by atoms with van der Waals surface area (Å²) in [7, 11) is 0. The van der Waals surface area contributed by atoms with E-state index in [-0.39, 0.29) is 24.3 Å². The van der Waals surface area contributed by atoms with Crippen molar-refractivity contribution in [1.82, 2.24) is 9.97 Å². The van der Waals surface area contributed by atoms with Crippen LogP contribution in [0.3, 0.4) is 0 Å². The van der Waals surface area contributed by atoms with Crippen LogP contribution >= 0.6 is 22.7 Å². The second kappa shape index (κ2) is 9.88. The van der Waals surface area contributed by atoms with E-state index in [0.29, 0.717) is 42.6 Å². The smallest absolute Gasteiger partial charge is 0.244 e. The fourth-order valence-electron chi connectivity index (χ4n) is 3.96. The molecule has 174 valence electrons. The van der Waals surface area contributed by atoms with Crippen molar-refractivity contribution in [2.45, 2.75) is 12.8 Å². The third kappa shape index (κ3) is 4.93. The van der Waals surface area contributed by atoms with E-state index in [0.717, 1.165) is 21.5 Å². The minimum atomic E-state index is -0.274. The van der Waals surface area contributed by atoms with Gasteiger partial charge in [-0.1, -0.05) is 12.1 Å². The minimum absolute atomic E-state index is 0.0653. The third-order valence-corrected chi connectivity index (χ3v) is 7.23. The Morgan fingerprint density at radius 1 is 1.12 bits per heavy atom. The zero-order valence-corrected chi connectivity index (χ0v) is 19.9. The number of nitrogens with zero attached hydrogens (tertiary/aromatic N) is 3. The number of benzene rings is 2. The van der Waals surface area contributed by atoms with Crippen molar-refractivity contribution >= 4 is 61.2 Å². The molecule has 1 aliphatic rings. The Morgan fingerprint density at radius 2 is 1.91 bits per heavy atom. The van der Waals surface area contributed by atoms with E-state index in [2.05, 4.69) is 15.3 Å². The normalized spacial score (nSPS) is 14.2. The molecule has 4 aromatic rings. The van der Waals surface area contributed by atoms with Gasteiger partial charge in [0.15, 0.2) is 5.13 Å². The summed E-state index contributed by atoms with van der Waals surface area (Å²) >= 11 is 2.92. The van der Waals surface area contributed by atoms with Crippen LogP contribution in [0.1, 0.15) is 12.8 Å². The lowest BCUT2D eigenvalue weighted by molar-refractivity contribution is -0.126. The summed E-state index contributed by atoms with van der Waals surface area (Å²) in [6.07, 6.45) is 1.30. The van der Waals surface area contributed by atoms with Crippen molar-refractivity contribution in [2.75, 3.05) is 35.7 Å². The van der Waals surface area contributed by atoms with Crippen molar-refractivity contribution in [2.24, 2.45) is 5.92 Å². The Kier molecular flexibility index (Phi) is 6.52. The molecule has 10 heteroatoms. The number of hydrogen-bond acceptors (Lipinski definition) is 8. The standard InChI is InChI=1S/C24H23N5O3S2/c25-24-28-20(13-33-24)15-1-3-17(4-2-15)27-22(30)12-29(23(31)16-7-9-32-10-8-16)18-5-6-21-19(11-18)26-14-34-21/h1-6,11,13-14,16H,7-10,12H2,(H2,25,28)(H,27,30). The van der Waals surface area contributed by atoms with Crippen molar-refractivity contribution in [1.29, 1.82) is 0 Å². The van der Waals surface area contributed by atoms with E-state index < -0.39 is 0 Å². The quantitative estimate of drug-likeness (QED) is 0.412. The molecule has 5 rings (SSSR count). The lowest BCUT2D eigenvalue weighted by Crippen LogP contribution is -2.43. The van der Waals surface area contributed by atoms with Crippen LogP contribution < -0.4 is 16.0 Å². The molecule has 0 unspecified atom stereocenters. The van der Waals surface area contributed by atoms with E-state index in [9.17, 15) is 9.59 Å². The highest BCUT2D eigenvalue weighted by Crippen LogP contribution is 2.28. The van der Waals surface area contributed by atoms with Gasteiger partial charge in [-0.05, 0) is 43.2 Å². The fourth-order valence-corrected chi connectivity index (χ4v) is 5.20. The molecule has 1 saturated heterocycles. The largest absolute Gasteiger partial charge is 0.381 e. The molecule has 3 N–H and O–H groups in total. The number of amides is 2. The molecule has 2 amide bonds. The van der Waals surface area contributed by atoms with Crippen LogP contribution in [0.15, 0.2) is 53.4 Å². The molecule has 0 spiro atoms. The lowest BCUT2D eigenvalue weighted by atomic mass is 9.98. The number of nitrogens with two attached hydrogens (primary N) is 1. The van der Waals surface area contributed by atoms with Crippen LogP contribution in [0.4, 0.5) is 16.5 Å². The molecule has 0 aliphatic carbocycles. The van der Waals surface area contributed by atoms with E-state index in [4.69, 9.17) is 10.5 Å². The average molecular weight is 494 g/mol. The summed E-state index contributed by atoms with van der Waals surface area (Å²) in [5, 5.41) is 5.30. The van der Waals surface area contributed by atoms with Gasteiger partial charge in [0.25, 0.3) is 0 Å². The first kappa shape index (κ1) is 22.5. The molecule has 3 heterocycles. The number of nitrogen functional groups attached to an aromatic ring is 1. The molecule has 0 bridgehead atoms. The van der Waals surface area contributed by atoms with Crippen molar-refractivity contribution in [3.05, 3.63) is 53.4 Å². The predicted octanol–water partition coefficient (Wildman–Crippen LogP) is 4.40. The maximum atomic E-state index is 13.4. The summed E-state index contributed by atoms with van der Waals surface area (Å²) in [5.41, 5.74) is 11.3. The number of nitrogens with one attached hydrogen (secondary N) is 1. The number of carbonyl (C=O) groups is 2. The van der Waals surface area contributed by atoms with Gasteiger partial charge >= 0.3 is 0 Å². The van der Waals surface area contributed by atoms with E-state index >= 15 is 0 Å². The molecule has 2 aromatic carbocycles. The number of hydrogen-bond donors (Lipinski definition) is 2. The Bertz CT molecular complexity index is 1310. The van der Waals surface area contributed by atoms with Crippen molar-refractivity contribution in [3.63, 3.8) is 0 Å². The Balaban J connectivity index is 1.33. The molecule has 1 fully saturated rings. The minimum Gasteiger partial charge on any atom is -0.381 e. The van der Waals surface area contributed by atoms with Crippen LogP contribution in [-0.2, 0) is 14.3 Å². The molecular formula is C24H23N5O3S2. The number of thiazole rings is 2. The topological polar surface area (TPSA) is 110 Å². The van der Waals surface area contributed by atoms with Gasteiger partial charge in [0.1, 0.15) is 6.54 Å². The molecule has 34 heavy (non-hydrogen) atoms. The monoisotopic (exact) mass is 493 g/mol. The van der Waals surface area contributed by atoms with Crippen molar-refractivity contribution < 1.29 is 14.3 Å². The molecular weight excluding hydrogens is 470 g/mol. The lowest BCUT2D eigenvalue weighted by Gasteiger charge is -2.29. The third-order valence-electron chi connectivity index (χ3n) is 5.75. The van der Waals surface area contributed by atoms with Crippen LogP contribution in [0.25, 0.3) is 21.5 Å². The molecule has 0 atom stereocenters. The summed E-state index contributed by atoms with van der Waals surface area (Å²) in [5.74, 6) is -0.508. The predicted molar refractivity (Wildman–Crippen MR) is 136 cm³/mol. The zero-order valence-electron chi connectivity index (χ0n) is 18.3. The van der Waals surface area contributed by atoms with E-state index in [1.807, 2.05) is 47.8 Å². The van der Waals surface area contributed by atoms with Gasteiger partial charge in [-0.3, -0.25) is 9.59 Å². The number of fused-ring (bicyclic) bond motifs is 1. The van der Waals surface area contributed by atoms with Gasteiger partial charge in [0, 0.05) is 41.4 Å². The Labute approximate surface area is 204 Å².